The molecule has 0 bridgehead atoms. The molecular formula is C23H24Cl2N6S. The molecule has 0 radical (unpaired) electrons. The number of piperidine rings is 1. The number of nitrogens with one attached hydrogen (secondary N) is 2. The minimum absolute atomic E-state index is 0.583. The monoisotopic (exact) mass is 486 g/mol. The first-order valence-electron chi connectivity index (χ1n) is 10.8. The second-order valence-corrected chi connectivity index (χ2v) is 9.85. The molecule has 0 aliphatic carbocycles. The summed E-state index contributed by atoms with van der Waals surface area (Å²) in [5.41, 5.74) is 2.28. The van der Waals surface area contributed by atoms with Crippen molar-refractivity contribution in [3.05, 3.63) is 56.8 Å². The highest BCUT2D eigenvalue weighted by Crippen LogP contribution is 2.36. The fourth-order valence-electron chi connectivity index (χ4n) is 4.18. The number of hydrogen-bond acceptors (Lipinski definition) is 6. The first-order chi connectivity index (χ1) is 15.7. The van der Waals surface area contributed by atoms with E-state index in [-0.39, 0.29) is 0 Å². The van der Waals surface area contributed by atoms with E-state index in [1.54, 1.807) is 17.5 Å². The van der Waals surface area contributed by atoms with Crippen LogP contribution in [-0.4, -0.2) is 32.6 Å². The molecule has 4 aromatic rings. The number of fused-ring (bicyclic) bond motifs is 1. The summed E-state index contributed by atoms with van der Waals surface area (Å²) in [4.78, 5) is 15.4. The number of anilines is 1. The number of imidazole rings is 1. The zero-order chi connectivity index (χ0) is 21.9. The van der Waals surface area contributed by atoms with Crippen molar-refractivity contribution in [3.63, 3.8) is 0 Å². The summed E-state index contributed by atoms with van der Waals surface area (Å²) in [6, 6.07) is 9.68. The Kier molecular flexibility index (Phi) is 6.59. The van der Waals surface area contributed by atoms with Gasteiger partial charge >= 0.3 is 0 Å². The summed E-state index contributed by atoms with van der Waals surface area (Å²) >= 11 is 14.8. The summed E-state index contributed by atoms with van der Waals surface area (Å²) in [6.45, 7) is 3.66. The smallest absolute Gasteiger partial charge is 0.225 e. The molecule has 0 saturated carbocycles. The average molecular weight is 487 g/mol. The lowest BCUT2D eigenvalue weighted by Gasteiger charge is -2.23. The van der Waals surface area contributed by atoms with Crippen LogP contribution in [0.25, 0.3) is 22.6 Å². The molecule has 166 valence electrons. The van der Waals surface area contributed by atoms with Crippen molar-refractivity contribution >= 4 is 51.7 Å². The molecule has 1 saturated heterocycles. The van der Waals surface area contributed by atoms with Crippen LogP contribution >= 0.6 is 34.5 Å². The fourth-order valence-corrected chi connectivity index (χ4v) is 5.39. The number of rotatable bonds is 7. The summed E-state index contributed by atoms with van der Waals surface area (Å²) in [5.74, 6) is 2.02. The second kappa shape index (κ2) is 9.75. The third-order valence-corrected chi connectivity index (χ3v) is 7.40. The summed E-state index contributed by atoms with van der Waals surface area (Å²) in [5, 5.41) is 10.0. The summed E-state index contributed by atoms with van der Waals surface area (Å²) in [7, 11) is 0. The SMILES string of the molecule is Clc1cccc(Cl)c1-c1nc2cnc(NCc3cccs3)nc2n1CCC1CCNCC1. The van der Waals surface area contributed by atoms with Crippen LogP contribution < -0.4 is 10.6 Å². The maximum absolute atomic E-state index is 6.56. The Morgan fingerprint density at radius 2 is 1.91 bits per heavy atom. The number of nitrogens with zero attached hydrogens (tertiary/aromatic N) is 4. The van der Waals surface area contributed by atoms with Crippen molar-refractivity contribution in [2.45, 2.75) is 32.4 Å². The molecule has 4 heterocycles. The molecule has 9 heteroatoms. The van der Waals surface area contributed by atoms with Crippen molar-refractivity contribution in [3.8, 4) is 11.4 Å². The molecule has 0 spiro atoms. The van der Waals surface area contributed by atoms with Crippen LogP contribution in [-0.2, 0) is 13.1 Å². The van der Waals surface area contributed by atoms with Crippen LogP contribution in [0.5, 0.6) is 0 Å². The number of aromatic nitrogens is 4. The largest absolute Gasteiger partial charge is 0.349 e. The Morgan fingerprint density at radius 3 is 2.66 bits per heavy atom. The third-order valence-electron chi connectivity index (χ3n) is 5.89. The van der Waals surface area contributed by atoms with E-state index in [4.69, 9.17) is 33.2 Å². The lowest BCUT2D eigenvalue weighted by molar-refractivity contribution is 0.339. The average Bonchev–Trinajstić information content (AvgIpc) is 3.45. The van der Waals surface area contributed by atoms with Crippen LogP contribution in [0.4, 0.5) is 5.95 Å². The maximum atomic E-state index is 6.56. The molecule has 6 nitrogen and oxygen atoms in total. The molecule has 1 aliphatic heterocycles. The lowest BCUT2D eigenvalue weighted by Crippen LogP contribution is -2.28. The van der Waals surface area contributed by atoms with Gasteiger partial charge in [0.15, 0.2) is 5.65 Å². The number of benzene rings is 1. The van der Waals surface area contributed by atoms with E-state index in [1.807, 2.05) is 24.3 Å². The summed E-state index contributed by atoms with van der Waals surface area (Å²) < 4.78 is 2.16. The molecular weight excluding hydrogens is 463 g/mol. The normalized spacial score (nSPS) is 14.8. The van der Waals surface area contributed by atoms with E-state index in [1.165, 1.54) is 17.7 Å². The molecule has 0 amide bonds. The Bertz CT molecular complexity index is 1180. The predicted octanol–water partition coefficient (Wildman–Crippen LogP) is 5.86. The zero-order valence-corrected chi connectivity index (χ0v) is 19.8. The standard InChI is InChI=1S/C23H24Cl2N6S/c24-17-4-1-5-18(25)20(17)22-29-19-14-28-23(27-13-16-3-2-12-32-16)30-21(19)31(22)11-8-15-6-9-26-10-7-15/h1-5,12,14-15,26H,6-11,13H2,(H,27,28,30). The first-order valence-corrected chi connectivity index (χ1v) is 12.5. The number of aryl methyl sites for hydroxylation is 1. The minimum atomic E-state index is 0.583. The number of halogens is 2. The molecule has 1 fully saturated rings. The van der Waals surface area contributed by atoms with Gasteiger partial charge in [-0.2, -0.15) is 4.98 Å². The fraction of sp³-hybridized carbons (Fsp3) is 0.348. The van der Waals surface area contributed by atoms with Gasteiger partial charge in [0.05, 0.1) is 28.4 Å². The van der Waals surface area contributed by atoms with Gasteiger partial charge in [0.25, 0.3) is 0 Å². The van der Waals surface area contributed by atoms with E-state index in [0.717, 1.165) is 48.6 Å². The van der Waals surface area contributed by atoms with Gasteiger partial charge in [0.1, 0.15) is 11.3 Å². The Labute approximate surface area is 201 Å². The van der Waals surface area contributed by atoms with Gasteiger partial charge < -0.3 is 15.2 Å². The van der Waals surface area contributed by atoms with Crippen LogP contribution in [0.2, 0.25) is 10.0 Å². The highest BCUT2D eigenvalue weighted by molar-refractivity contribution is 7.09. The maximum Gasteiger partial charge on any atom is 0.225 e. The van der Waals surface area contributed by atoms with E-state index in [9.17, 15) is 0 Å². The first kappa shape index (κ1) is 21.6. The van der Waals surface area contributed by atoms with E-state index in [0.29, 0.717) is 28.5 Å². The van der Waals surface area contributed by atoms with Gasteiger partial charge in [-0.25, -0.2) is 9.97 Å². The quantitative estimate of drug-likeness (QED) is 0.342. The molecule has 0 atom stereocenters. The predicted molar refractivity (Wildman–Crippen MR) is 133 cm³/mol. The van der Waals surface area contributed by atoms with Gasteiger partial charge in [0.2, 0.25) is 5.95 Å². The van der Waals surface area contributed by atoms with Crippen LogP contribution in [0.3, 0.4) is 0 Å². The van der Waals surface area contributed by atoms with Gasteiger partial charge in [-0.3, -0.25) is 0 Å². The highest BCUT2D eigenvalue weighted by atomic mass is 35.5. The number of thiophene rings is 1. The van der Waals surface area contributed by atoms with Crippen molar-refractivity contribution in [2.75, 3.05) is 18.4 Å². The molecule has 1 aliphatic rings. The third kappa shape index (κ3) is 4.62. The molecule has 1 aromatic carbocycles. The molecule has 2 N–H and O–H groups in total. The van der Waals surface area contributed by atoms with Crippen molar-refractivity contribution < 1.29 is 0 Å². The zero-order valence-electron chi connectivity index (χ0n) is 17.5. The molecule has 0 unspecified atom stereocenters. The lowest BCUT2D eigenvalue weighted by atomic mass is 9.95. The van der Waals surface area contributed by atoms with Crippen LogP contribution in [0, 0.1) is 5.92 Å². The minimum Gasteiger partial charge on any atom is -0.349 e. The van der Waals surface area contributed by atoms with Gasteiger partial charge in [-0.05, 0) is 61.8 Å². The van der Waals surface area contributed by atoms with E-state index in [2.05, 4.69) is 31.6 Å². The molecule has 3 aromatic heterocycles. The summed E-state index contributed by atoms with van der Waals surface area (Å²) in [6.07, 6.45) is 5.22. The van der Waals surface area contributed by atoms with E-state index >= 15 is 0 Å². The van der Waals surface area contributed by atoms with Crippen molar-refractivity contribution in [1.82, 2.24) is 24.8 Å². The van der Waals surface area contributed by atoms with Crippen LogP contribution in [0.15, 0.2) is 41.9 Å². The Hall–Kier alpha value is -2.19. The highest BCUT2D eigenvalue weighted by Gasteiger charge is 2.21. The van der Waals surface area contributed by atoms with Gasteiger partial charge in [-0.1, -0.05) is 35.3 Å². The van der Waals surface area contributed by atoms with Crippen molar-refractivity contribution in [2.24, 2.45) is 5.92 Å². The van der Waals surface area contributed by atoms with Gasteiger partial charge in [-0.15, -0.1) is 11.3 Å². The second-order valence-electron chi connectivity index (χ2n) is 8.00. The Balaban J connectivity index is 1.52. The molecule has 5 rings (SSSR count). The van der Waals surface area contributed by atoms with Crippen molar-refractivity contribution in [1.29, 1.82) is 0 Å². The Morgan fingerprint density at radius 1 is 1.09 bits per heavy atom. The van der Waals surface area contributed by atoms with Gasteiger partial charge in [0, 0.05) is 11.4 Å². The topological polar surface area (TPSA) is 67.7 Å². The molecule has 32 heavy (non-hydrogen) atoms. The van der Waals surface area contributed by atoms with E-state index < -0.39 is 0 Å². The number of hydrogen-bond donors (Lipinski definition) is 2. The van der Waals surface area contributed by atoms with Crippen LogP contribution in [0.1, 0.15) is 24.1 Å².